The Balaban J connectivity index is 1.76. The van der Waals surface area contributed by atoms with E-state index in [-0.39, 0.29) is 30.3 Å². The number of nitrogens with zero attached hydrogens (tertiary/aromatic N) is 6. The maximum Gasteiger partial charge on any atom is 0.315 e. The van der Waals surface area contributed by atoms with E-state index in [9.17, 15) is 14.4 Å². The second-order valence-electron chi connectivity index (χ2n) is 6.61. The van der Waals surface area contributed by atoms with Crippen LogP contribution in [0.25, 0.3) is 0 Å². The summed E-state index contributed by atoms with van der Waals surface area (Å²) >= 11 is 19.9. The van der Waals surface area contributed by atoms with Gasteiger partial charge in [-0.3, -0.25) is 14.4 Å². The van der Waals surface area contributed by atoms with Crippen LogP contribution < -0.4 is 5.01 Å². The number of hydrogen-bond donors (Lipinski definition) is 0. The largest absolute Gasteiger partial charge is 0.461 e. The number of β-lactam (4-membered cyclic amide) rings is 1. The zero-order valence-electron chi connectivity index (χ0n) is 15.3. The number of alkyl halides is 3. The van der Waals surface area contributed by atoms with E-state index in [4.69, 9.17) is 39.5 Å². The maximum absolute atomic E-state index is 12.9. The highest BCUT2D eigenvalue weighted by molar-refractivity contribution is 8.00. The van der Waals surface area contributed by atoms with Gasteiger partial charge in [0, 0.05) is 25.0 Å². The molecule has 3 heterocycles. The molecule has 2 fully saturated rings. The zero-order chi connectivity index (χ0) is 21.4. The number of aromatic nitrogens is 4. The normalized spacial score (nSPS) is 26.5. The molecule has 3 rings (SSSR count). The highest BCUT2D eigenvalue weighted by Crippen LogP contribution is 2.45. The van der Waals surface area contributed by atoms with E-state index in [0.717, 1.165) is 4.79 Å². The molecule has 2 aliphatic rings. The van der Waals surface area contributed by atoms with Crippen LogP contribution in [0.3, 0.4) is 0 Å². The summed E-state index contributed by atoms with van der Waals surface area (Å²) in [4.78, 5) is 40.5. The average molecular weight is 504 g/mol. The molecule has 0 aliphatic carbocycles. The fourth-order valence-corrected chi connectivity index (χ4v) is 6.00. The molecule has 0 N–H and O–H groups in total. The Labute approximate surface area is 189 Å². The van der Waals surface area contributed by atoms with Crippen LogP contribution in [0.4, 0.5) is 0 Å². The van der Waals surface area contributed by atoms with Crippen molar-refractivity contribution in [2.45, 2.75) is 22.1 Å². The number of ether oxygens (including phenoxy) is 1. The van der Waals surface area contributed by atoms with Gasteiger partial charge >= 0.3 is 5.97 Å². The molecule has 1 aromatic rings. The Morgan fingerprint density at radius 3 is 2.76 bits per heavy atom. The summed E-state index contributed by atoms with van der Waals surface area (Å²) in [5.41, 5.74) is -0.938. The van der Waals surface area contributed by atoms with Gasteiger partial charge < -0.3 is 9.64 Å². The minimum atomic E-state index is -1.72. The molecule has 15 heteroatoms. The number of fused-ring (bicyclic) bond motifs is 1. The van der Waals surface area contributed by atoms with Crippen LogP contribution in [0.5, 0.6) is 0 Å². The number of carbonyl (C=O) groups is 3. The lowest BCUT2D eigenvalue weighted by Crippen LogP contribution is -2.76. The van der Waals surface area contributed by atoms with Crippen LogP contribution >= 0.6 is 58.3 Å². The number of carbonyl (C=O) groups excluding carboxylic acids is 3. The predicted molar refractivity (Wildman–Crippen MR) is 111 cm³/mol. The predicted octanol–water partition coefficient (Wildman–Crippen LogP) is 0.704. The van der Waals surface area contributed by atoms with E-state index < -0.39 is 21.2 Å². The Hall–Kier alpha value is -0.950. The summed E-state index contributed by atoms with van der Waals surface area (Å²) in [7, 11) is 0. The maximum atomic E-state index is 12.9. The fraction of sp³-hybridized carbons (Fsp3) is 0.714. The molecule has 2 amide bonds. The van der Waals surface area contributed by atoms with Crippen LogP contribution in [0.2, 0.25) is 0 Å². The molecule has 0 saturated carbocycles. The first-order valence-electron chi connectivity index (χ1n) is 8.28. The lowest BCUT2D eigenvalue weighted by atomic mass is 9.89. The number of hydrogen-bond acceptors (Lipinski definition) is 9. The molecule has 0 aromatic carbocycles. The van der Waals surface area contributed by atoms with Crippen molar-refractivity contribution in [1.29, 1.82) is 0 Å². The van der Waals surface area contributed by atoms with Crippen LogP contribution in [-0.4, -0.2) is 89.1 Å². The summed E-state index contributed by atoms with van der Waals surface area (Å²) in [6, 6.07) is -0.759. The van der Waals surface area contributed by atoms with Crippen molar-refractivity contribution in [3.05, 3.63) is 6.33 Å². The number of rotatable bonds is 6. The average Bonchev–Trinajstić information content (AvgIpc) is 3.17. The summed E-state index contributed by atoms with van der Waals surface area (Å²) in [6.07, 6.45) is 3.10. The zero-order valence-corrected chi connectivity index (χ0v) is 19.2. The number of esters is 1. The van der Waals surface area contributed by atoms with Gasteiger partial charge in [-0.25, -0.2) is 5.01 Å². The molecule has 2 saturated heterocycles. The SMILES string of the molecule is CSCC1(C(=O)OCC(Cl)(Cl)Cl)CS[C@@H]2C(N(C(C)=O)n3cnnn3)C(=O)N2C1. The van der Waals surface area contributed by atoms with E-state index in [2.05, 4.69) is 15.5 Å². The first-order chi connectivity index (χ1) is 13.6. The van der Waals surface area contributed by atoms with Gasteiger partial charge in [-0.2, -0.15) is 11.8 Å². The van der Waals surface area contributed by atoms with E-state index in [1.165, 1.54) is 41.8 Å². The molecule has 0 radical (unpaired) electrons. The van der Waals surface area contributed by atoms with E-state index >= 15 is 0 Å². The van der Waals surface area contributed by atoms with Gasteiger partial charge in [-0.05, 0) is 16.7 Å². The molecule has 2 aliphatic heterocycles. The molecule has 2 unspecified atom stereocenters. The van der Waals surface area contributed by atoms with Gasteiger partial charge in [-0.15, -0.1) is 21.7 Å². The second-order valence-corrected chi connectivity index (χ2v) is 11.1. The molecule has 29 heavy (non-hydrogen) atoms. The topological polar surface area (TPSA) is 111 Å². The van der Waals surface area contributed by atoms with Crippen molar-refractivity contribution >= 4 is 76.1 Å². The standard InChI is InChI=1S/C14H17Cl3N6O4S2/c1-8(24)23(22-7-18-19-20-22)9-10(25)21-3-13(5-28-2,6-29-11(9)21)12(26)27-4-14(15,16)17/h7,9,11H,3-6H2,1-2H3/t9?,11-,13?/m1/s1. The van der Waals surface area contributed by atoms with E-state index in [0.29, 0.717) is 11.5 Å². The third kappa shape index (κ3) is 4.55. The van der Waals surface area contributed by atoms with Crippen LogP contribution in [0.15, 0.2) is 6.33 Å². The fourth-order valence-electron chi connectivity index (χ4n) is 3.27. The molecule has 0 spiro atoms. The van der Waals surface area contributed by atoms with Gasteiger partial charge in [0.25, 0.3) is 5.91 Å². The molecule has 160 valence electrons. The van der Waals surface area contributed by atoms with Gasteiger partial charge in [0.05, 0.1) is 0 Å². The lowest BCUT2D eigenvalue weighted by Gasteiger charge is -2.55. The first-order valence-corrected chi connectivity index (χ1v) is 11.9. The molecule has 1 aromatic heterocycles. The molecular weight excluding hydrogens is 487 g/mol. The number of tetrazole rings is 1. The van der Waals surface area contributed by atoms with Gasteiger partial charge in [-0.1, -0.05) is 34.8 Å². The van der Waals surface area contributed by atoms with Crippen molar-refractivity contribution < 1.29 is 19.1 Å². The highest BCUT2D eigenvalue weighted by Gasteiger charge is 2.60. The van der Waals surface area contributed by atoms with Gasteiger partial charge in [0.1, 0.15) is 17.4 Å². The summed E-state index contributed by atoms with van der Waals surface area (Å²) in [5.74, 6) is -0.377. The minimum Gasteiger partial charge on any atom is -0.461 e. The van der Waals surface area contributed by atoms with Gasteiger partial charge in [0.15, 0.2) is 12.4 Å². The lowest BCUT2D eigenvalue weighted by molar-refractivity contribution is -0.161. The Morgan fingerprint density at radius 1 is 1.48 bits per heavy atom. The van der Waals surface area contributed by atoms with Crippen molar-refractivity contribution in [3.8, 4) is 0 Å². The smallest absolute Gasteiger partial charge is 0.315 e. The monoisotopic (exact) mass is 502 g/mol. The number of thioether (sulfide) groups is 2. The molecular formula is C14H17Cl3N6O4S2. The Kier molecular flexibility index (Phi) is 6.78. The third-order valence-corrected chi connectivity index (χ3v) is 7.22. The highest BCUT2D eigenvalue weighted by atomic mass is 35.6. The summed E-state index contributed by atoms with van der Waals surface area (Å²) < 4.78 is 3.51. The molecule has 10 nitrogen and oxygen atoms in total. The van der Waals surface area contributed by atoms with E-state index in [1.807, 2.05) is 6.26 Å². The first kappa shape index (κ1) is 22.7. The van der Waals surface area contributed by atoms with Crippen LogP contribution in [0, 0.1) is 5.41 Å². The Morgan fingerprint density at radius 2 is 2.21 bits per heavy atom. The van der Waals surface area contributed by atoms with Crippen molar-refractivity contribution in [3.63, 3.8) is 0 Å². The summed E-state index contributed by atoms with van der Waals surface area (Å²) in [5, 5.41) is 11.6. The van der Waals surface area contributed by atoms with Crippen molar-refractivity contribution in [2.24, 2.45) is 5.41 Å². The number of amides is 2. The number of halogens is 3. The Bertz CT molecular complexity index is 795. The molecule has 3 atom stereocenters. The van der Waals surface area contributed by atoms with Crippen molar-refractivity contribution in [1.82, 2.24) is 25.2 Å². The van der Waals surface area contributed by atoms with Crippen molar-refractivity contribution in [2.75, 3.05) is 35.9 Å². The van der Waals surface area contributed by atoms with E-state index in [1.54, 1.807) is 4.90 Å². The van der Waals surface area contributed by atoms with Crippen LogP contribution in [0.1, 0.15) is 6.92 Å². The molecule has 0 bridgehead atoms. The quantitative estimate of drug-likeness (QED) is 0.315. The third-order valence-electron chi connectivity index (χ3n) is 4.48. The van der Waals surface area contributed by atoms with Gasteiger partial charge in [0.2, 0.25) is 9.70 Å². The van der Waals surface area contributed by atoms with Crippen LogP contribution in [-0.2, 0) is 19.1 Å². The summed E-state index contributed by atoms with van der Waals surface area (Å²) in [6.45, 7) is 1.10. The minimum absolute atomic E-state index is 0.154. The second kappa shape index (κ2) is 8.66.